The van der Waals surface area contributed by atoms with Crippen molar-refractivity contribution in [3.8, 4) is 5.88 Å². The molecule has 1 aromatic carbocycles. The van der Waals surface area contributed by atoms with Crippen LogP contribution in [0.3, 0.4) is 0 Å². The van der Waals surface area contributed by atoms with Crippen LogP contribution in [-0.4, -0.2) is 39.5 Å². The zero-order chi connectivity index (χ0) is 15.5. The summed E-state index contributed by atoms with van der Waals surface area (Å²) in [5.74, 6) is -0.272. The maximum atomic E-state index is 11.6. The number of amides is 1. The lowest BCUT2D eigenvalue weighted by molar-refractivity contribution is -0.126. The Balaban J connectivity index is 1.77. The van der Waals surface area contributed by atoms with Crippen molar-refractivity contribution in [2.45, 2.75) is 6.61 Å². The molecule has 0 bridgehead atoms. The van der Waals surface area contributed by atoms with E-state index in [0.717, 1.165) is 5.56 Å². The third-order valence-electron chi connectivity index (χ3n) is 3.41. The molecule has 0 fully saturated rings. The number of nitrogens with zero attached hydrogens (tertiary/aromatic N) is 3. The van der Waals surface area contributed by atoms with Crippen LogP contribution >= 0.6 is 0 Å². The van der Waals surface area contributed by atoms with E-state index in [1.54, 1.807) is 13.1 Å². The summed E-state index contributed by atoms with van der Waals surface area (Å²) in [6, 6.07) is 11.4. The lowest BCUT2D eigenvalue weighted by Crippen LogP contribution is -2.21. The van der Waals surface area contributed by atoms with Crippen LogP contribution in [-0.2, 0) is 11.4 Å². The van der Waals surface area contributed by atoms with Crippen LogP contribution in [0.15, 0.2) is 48.5 Å². The Morgan fingerprint density at radius 3 is 2.73 bits per heavy atom. The summed E-state index contributed by atoms with van der Waals surface area (Å²) in [4.78, 5) is 21.2. The van der Waals surface area contributed by atoms with Crippen molar-refractivity contribution in [1.82, 2.24) is 14.9 Å². The third kappa shape index (κ3) is 2.76. The van der Waals surface area contributed by atoms with Gasteiger partial charge < -0.3 is 14.7 Å². The molecule has 1 N–H and O–H groups in total. The lowest BCUT2D eigenvalue weighted by atomic mass is 10.2. The van der Waals surface area contributed by atoms with E-state index in [2.05, 4.69) is 9.97 Å². The molecule has 6 heteroatoms. The van der Waals surface area contributed by atoms with Gasteiger partial charge in [-0.25, -0.2) is 9.97 Å². The standard InChI is InChI=1S/C16H15N3O3/c1-19-8-12(15(20)16(19)21)13-7-14(18-10-17-13)22-9-11-5-3-2-4-6-11/h2-7,10,20H,8-9H2,1H3. The topological polar surface area (TPSA) is 75.6 Å². The Hall–Kier alpha value is -2.89. The summed E-state index contributed by atoms with van der Waals surface area (Å²) in [6.07, 6.45) is 1.36. The van der Waals surface area contributed by atoms with E-state index in [9.17, 15) is 9.90 Å². The number of hydrogen-bond donors (Lipinski definition) is 1. The highest BCUT2D eigenvalue weighted by Crippen LogP contribution is 2.25. The molecular weight excluding hydrogens is 282 g/mol. The van der Waals surface area contributed by atoms with Gasteiger partial charge in [0.15, 0.2) is 5.76 Å². The highest BCUT2D eigenvalue weighted by Gasteiger charge is 2.29. The maximum Gasteiger partial charge on any atom is 0.289 e. The van der Waals surface area contributed by atoms with Gasteiger partial charge in [0.25, 0.3) is 5.91 Å². The van der Waals surface area contributed by atoms with Gasteiger partial charge >= 0.3 is 0 Å². The van der Waals surface area contributed by atoms with Crippen molar-refractivity contribution in [1.29, 1.82) is 0 Å². The monoisotopic (exact) mass is 297 g/mol. The van der Waals surface area contributed by atoms with Gasteiger partial charge in [0.1, 0.15) is 12.9 Å². The van der Waals surface area contributed by atoms with Crippen LogP contribution in [0, 0.1) is 0 Å². The number of aromatic nitrogens is 2. The molecule has 0 atom stereocenters. The molecule has 22 heavy (non-hydrogen) atoms. The second-order valence-corrected chi connectivity index (χ2v) is 5.00. The van der Waals surface area contributed by atoms with Gasteiger partial charge in [-0.2, -0.15) is 0 Å². The average molecular weight is 297 g/mol. The Morgan fingerprint density at radius 1 is 1.27 bits per heavy atom. The predicted molar refractivity (Wildman–Crippen MR) is 80.0 cm³/mol. The minimum atomic E-state index is -0.402. The van der Waals surface area contributed by atoms with Gasteiger partial charge in [0, 0.05) is 18.7 Å². The van der Waals surface area contributed by atoms with Crippen LogP contribution < -0.4 is 4.74 Å². The quantitative estimate of drug-likeness (QED) is 0.931. The molecule has 112 valence electrons. The molecule has 1 aromatic heterocycles. The summed E-state index contributed by atoms with van der Waals surface area (Å²) < 4.78 is 5.63. The number of benzene rings is 1. The van der Waals surface area contributed by atoms with Crippen molar-refractivity contribution in [3.05, 3.63) is 59.7 Å². The molecule has 0 radical (unpaired) electrons. The van der Waals surface area contributed by atoms with Crippen LogP contribution in [0.4, 0.5) is 0 Å². The zero-order valence-electron chi connectivity index (χ0n) is 12.1. The summed E-state index contributed by atoms with van der Waals surface area (Å²) in [7, 11) is 1.62. The summed E-state index contributed by atoms with van der Waals surface area (Å²) in [5, 5.41) is 9.87. The van der Waals surface area contributed by atoms with Crippen LogP contribution in [0.25, 0.3) is 5.57 Å². The van der Waals surface area contributed by atoms with Crippen LogP contribution in [0.1, 0.15) is 11.3 Å². The van der Waals surface area contributed by atoms with E-state index in [-0.39, 0.29) is 5.76 Å². The zero-order valence-corrected chi connectivity index (χ0v) is 12.1. The van der Waals surface area contributed by atoms with E-state index in [1.165, 1.54) is 11.2 Å². The first-order chi connectivity index (χ1) is 10.6. The first-order valence-electron chi connectivity index (χ1n) is 6.82. The molecule has 2 heterocycles. The first kappa shape index (κ1) is 14.1. The van der Waals surface area contributed by atoms with E-state index in [0.29, 0.717) is 30.3 Å². The molecule has 0 aliphatic carbocycles. The van der Waals surface area contributed by atoms with Gasteiger partial charge in [0.2, 0.25) is 5.88 Å². The molecule has 1 aliphatic rings. The second kappa shape index (κ2) is 5.85. The van der Waals surface area contributed by atoms with Gasteiger partial charge in [0.05, 0.1) is 12.2 Å². The third-order valence-corrected chi connectivity index (χ3v) is 3.41. The van der Waals surface area contributed by atoms with Crippen molar-refractivity contribution in [2.24, 2.45) is 0 Å². The Bertz CT molecular complexity index is 728. The number of likely N-dealkylation sites (N-methyl/N-ethyl adjacent to an activating group) is 1. The molecule has 6 nitrogen and oxygen atoms in total. The molecular formula is C16H15N3O3. The fourth-order valence-corrected chi connectivity index (χ4v) is 2.21. The molecule has 1 aliphatic heterocycles. The van der Waals surface area contributed by atoms with Gasteiger partial charge in [-0.15, -0.1) is 0 Å². The van der Waals surface area contributed by atoms with Crippen molar-refractivity contribution in [2.75, 3.05) is 13.6 Å². The van der Waals surface area contributed by atoms with Gasteiger partial charge in [-0.05, 0) is 5.56 Å². The van der Waals surface area contributed by atoms with E-state index >= 15 is 0 Å². The number of aliphatic hydroxyl groups is 1. The minimum absolute atomic E-state index is 0.268. The fourth-order valence-electron chi connectivity index (χ4n) is 2.21. The second-order valence-electron chi connectivity index (χ2n) is 5.00. The molecule has 1 amide bonds. The normalized spacial score (nSPS) is 14.6. The largest absolute Gasteiger partial charge is 0.503 e. The number of ether oxygens (including phenoxy) is 1. The summed E-state index contributed by atoms with van der Waals surface area (Å²) in [6.45, 7) is 0.709. The van der Waals surface area contributed by atoms with Crippen molar-refractivity contribution in [3.63, 3.8) is 0 Å². The molecule has 0 unspecified atom stereocenters. The van der Waals surface area contributed by atoms with Crippen molar-refractivity contribution >= 4 is 11.5 Å². The average Bonchev–Trinajstić information content (AvgIpc) is 2.82. The molecule has 0 saturated carbocycles. The smallest absolute Gasteiger partial charge is 0.289 e. The number of carbonyl (C=O) groups is 1. The lowest BCUT2D eigenvalue weighted by Gasteiger charge is -2.08. The number of carbonyl (C=O) groups excluding carboxylic acids is 1. The Labute approximate surface area is 127 Å². The molecule has 0 saturated heterocycles. The molecule has 0 spiro atoms. The summed E-state index contributed by atoms with van der Waals surface area (Å²) in [5.41, 5.74) is 2.01. The highest BCUT2D eigenvalue weighted by atomic mass is 16.5. The van der Waals surface area contributed by atoms with Crippen LogP contribution in [0.2, 0.25) is 0 Å². The first-order valence-corrected chi connectivity index (χ1v) is 6.82. The predicted octanol–water partition coefficient (Wildman–Crippen LogP) is 1.80. The Morgan fingerprint density at radius 2 is 2.05 bits per heavy atom. The number of hydrogen-bond acceptors (Lipinski definition) is 5. The SMILES string of the molecule is CN1CC(c2cc(OCc3ccccc3)ncn2)=C(O)C1=O. The van der Waals surface area contributed by atoms with E-state index in [4.69, 9.17) is 4.74 Å². The highest BCUT2D eigenvalue weighted by molar-refractivity contribution is 6.03. The number of rotatable bonds is 4. The van der Waals surface area contributed by atoms with Gasteiger partial charge in [-0.3, -0.25) is 4.79 Å². The van der Waals surface area contributed by atoms with E-state index in [1.807, 2.05) is 30.3 Å². The van der Waals surface area contributed by atoms with Crippen molar-refractivity contribution < 1.29 is 14.6 Å². The van der Waals surface area contributed by atoms with E-state index < -0.39 is 5.91 Å². The van der Waals surface area contributed by atoms with Gasteiger partial charge in [-0.1, -0.05) is 30.3 Å². The number of aliphatic hydroxyl groups excluding tert-OH is 1. The molecule has 3 rings (SSSR count). The Kier molecular flexibility index (Phi) is 3.74. The maximum absolute atomic E-state index is 11.6. The molecule has 2 aromatic rings. The summed E-state index contributed by atoms with van der Waals surface area (Å²) >= 11 is 0. The fraction of sp³-hybridized carbons (Fsp3) is 0.188. The van der Waals surface area contributed by atoms with Crippen LogP contribution in [0.5, 0.6) is 5.88 Å². The minimum Gasteiger partial charge on any atom is -0.503 e.